The summed E-state index contributed by atoms with van der Waals surface area (Å²) in [6, 6.07) is 0. The van der Waals surface area contributed by atoms with Crippen LogP contribution >= 0.6 is 11.8 Å². The van der Waals surface area contributed by atoms with Gasteiger partial charge < -0.3 is 5.11 Å². The van der Waals surface area contributed by atoms with Gasteiger partial charge in [-0.05, 0) is 13.8 Å². The number of rotatable bonds is 4. The number of carboxylic acids is 1. The highest BCUT2D eigenvalue weighted by molar-refractivity contribution is 8.00. The number of aliphatic carboxylic acids is 1. The average Bonchev–Trinajstić information content (AvgIpc) is 1.59. The Labute approximate surface area is 63.8 Å². The Hall–Kier alpha value is -0.250. The minimum atomic E-state index is -1.26. The quantitative estimate of drug-likeness (QED) is 0.688. The Kier molecular flexibility index (Phi) is 3.71. The van der Waals surface area contributed by atoms with Crippen molar-refractivity contribution in [2.75, 3.05) is 11.5 Å². The molecule has 0 aliphatic heterocycles. The van der Waals surface area contributed by atoms with Gasteiger partial charge in [0.1, 0.15) is 5.67 Å². The van der Waals surface area contributed by atoms with Gasteiger partial charge in [0.15, 0.2) is 0 Å². The molecular weight excluding hydrogens is 155 g/mol. The van der Waals surface area contributed by atoms with Gasteiger partial charge in [0.05, 0.1) is 5.75 Å². The molecule has 2 nitrogen and oxygen atoms in total. The molecule has 60 valence electrons. The van der Waals surface area contributed by atoms with E-state index in [0.29, 0.717) is 0 Å². The Morgan fingerprint density at radius 3 is 2.50 bits per heavy atom. The summed E-state index contributed by atoms with van der Waals surface area (Å²) in [5.41, 5.74) is -1.26. The summed E-state index contributed by atoms with van der Waals surface area (Å²) < 4.78 is 12.6. The molecule has 0 aromatic carbocycles. The number of halogens is 1. The van der Waals surface area contributed by atoms with Crippen molar-refractivity contribution in [2.24, 2.45) is 0 Å². The number of carbonyl (C=O) groups is 1. The van der Waals surface area contributed by atoms with Crippen molar-refractivity contribution in [3.05, 3.63) is 0 Å². The summed E-state index contributed by atoms with van der Waals surface area (Å²) in [5.74, 6) is -0.679. The Morgan fingerprint density at radius 2 is 2.20 bits per heavy atom. The summed E-state index contributed by atoms with van der Waals surface area (Å²) >= 11 is 1.09. The van der Waals surface area contributed by atoms with Crippen LogP contribution in [-0.4, -0.2) is 28.3 Å². The third kappa shape index (κ3) is 7.75. The van der Waals surface area contributed by atoms with Crippen LogP contribution in [0.15, 0.2) is 0 Å². The molecule has 0 amide bonds. The van der Waals surface area contributed by atoms with Crippen LogP contribution in [0.4, 0.5) is 4.39 Å². The molecule has 0 fully saturated rings. The van der Waals surface area contributed by atoms with Gasteiger partial charge in [-0.2, -0.15) is 0 Å². The monoisotopic (exact) mass is 166 g/mol. The van der Waals surface area contributed by atoms with Gasteiger partial charge >= 0.3 is 5.97 Å². The highest BCUT2D eigenvalue weighted by atomic mass is 32.2. The van der Waals surface area contributed by atoms with Crippen molar-refractivity contribution < 1.29 is 14.3 Å². The van der Waals surface area contributed by atoms with Gasteiger partial charge in [0.2, 0.25) is 0 Å². The molecule has 0 unspecified atom stereocenters. The van der Waals surface area contributed by atoms with Crippen molar-refractivity contribution in [1.82, 2.24) is 0 Å². The van der Waals surface area contributed by atoms with E-state index in [0.717, 1.165) is 11.8 Å². The molecule has 0 radical (unpaired) electrons. The second kappa shape index (κ2) is 3.81. The predicted molar refractivity (Wildman–Crippen MR) is 40.1 cm³/mol. The molecule has 0 aliphatic carbocycles. The number of alkyl halides is 1. The Bertz CT molecular complexity index is 119. The lowest BCUT2D eigenvalue weighted by molar-refractivity contribution is -0.133. The second-order valence-corrected chi connectivity index (χ2v) is 3.59. The molecule has 0 saturated carbocycles. The summed E-state index contributed by atoms with van der Waals surface area (Å²) in [7, 11) is 0. The molecule has 10 heavy (non-hydrogen) atoms. The Balaban J connectivity index is 3.29. The van der Waals surface area contributed by atoms with Crippen molar-refractivity contribution in [2.45, 2.75) is 19.5 Å². The summed E-state index contributed by atoms with van der Waals surface area (Å²) in [6.45, 7) is 2.86. The third-order valence-corrected chi connectivity index (χ3v) is 2.01. The van der Waals surface area contributed by atoms with E-state index in [9.17, 15) is 9.18 Å². The van der Waals surface area contributed by atoms with Gasteiger partial charge in [-0.3, -0.25) is 4.79 Å². The zero-order chi connectivity index (χ0) is 8.20. The van der Waals surface area contributed by atoms with E-state index < -0.39 is 11.6 Å². The first-order chi connectivity index (χ1) is 4.42. The molecule has 0 bridgehead atoms. The molecule has 0 aromatic heterocycles. The number of carboxylic acid groups (broad SMARTS) is 1. The first-order valence-corrected chi connectivity index (χ1v) is 4.06. The summed E-state index contributed by atoms with van der Waals surface area (Å²) in [5, 5.41) is 8.17. The number of thioether (sulfide) groups is 1. The molecule has 0 atom stereocenters. The summed E-state index contributed by atoms with van der Waals surface area (Å²) in [4.78, 5) is 9.94. The fraction of sp³-hybridized carbons (Fsp3) is 0.833. The molecule has 0 aromatic rings. The van der Waals surface area contributed by atoms with Crippen LogP contribution in [0, 0.1) is 0 Å². The lowest BCUT2D eigenvalue weighted by Crippen LogP contribution is -2.16. The first-order valence-electron chi connectivity index (χ1n) is 2.90. The van der Waals surface area contributed by atoms with Crippen LogP contribution in [0.5, 0.6) is 0 Å². The van der Waals surface area contributed by atoms with Gasteiger partial charge in [-0.25, -0.2) is 4.39 Å². The molecule has 0 rings (SSSR count). The van der Waals surface area contributed by atoms with E-state index in [1.807, 2.05) is 0 Å². The van der Waals surface area contributed by atoms with E-state index in [1.165, 1.54) is 13.8 Å². The first kappa shape index (κ1) is 9.75. The van der Waals surface area contributed by atoms with Crippen LogP contribution < -0.4 is 0 Å². The third-order valence-electron chi connectivity index (χ3n) is 0.671. The maximum atomic E-state index is 12.6. The second-order valence-electron chi connectivity index (χ2n) is 2.61. The van der Waals surface area contributed by atoms with Crippen molar-refractivity contribution in [1.29, 1.82) is 0 Å². The SMILES string of the molecule is CC(C)(F)CSCC(=O)O. The minimum Gasteiger partial charge on any atom is -0.481 e. The molecule has 1 N–H and O–H groups in total. The van der Waals surface area contributed by atoms with Crippen molar-refractivity contribution in [3.8, 4) is 0 Å². The summed E-state index contributed by atoms with van der Waals surface area (Å²) in [6.07, 6.45) is 0. The lowest BCUT2D eigenvalue weighted by Gasteiger charge is -2.11. The zero-order valence-electron chi connectivity index (χ0n) is 6.06. The maximum absolute atomic E-state index is 12.6. The highest BCUT2D eigenvalue weighted by Gasteiger charge is 2.15. The zero-order valence-corrected chi connectivity index (χ0v) is 6.87. The minimum absolute atomic E-state index is 0.0205. The van der Waals surface area contributed by atoms with Gasteiger partial charge in [0.25, 0.3) is 0 Å². The Morgan fingerprint density at radius 1 is 1.70 bits per heavy atom. The van der Waals surface area contributed by atoms with Crippen LogP contribution in [0.25, 0.3) is 0 Å². The molecular formula is C6H11FO2S. The van der Waals surface area contributed by atoms with E-state index in [-0.39, 0.29) is 11.5 Å². The van der Waals surface area contributed by atoms with Crippen molar-refractivity contribution in [3.63, 3.8) is 0 Å². The van der Waals surface area contributed by atoms with Crippen LogP contribution in [-0.2, 0) is 4.79 Å². The molecule has 0 aliphatic rings. The van der Waals surface area contributed by atoms with E-state index in [4.69, 9.17) is 5.11 Å². The molecule has 0 saturated heterocycles. The molecule has 4 heteroatoms. The van der Waals surface area contributed by atoms with Crippen molar-refractivity contribution >= 4 is 17.7 Å². The fourth-order valence-electron chi connectivity index (χ4n) is 0.381. The topological polar surface area (TPSA) is 37.3 Å². The number of hydrogen-bond donors (Lipinski definition) is 1. The van der Waals surface area contributed by atoms with Gasteiger partial charge in [0, 0.05) is 5.75 Å². The van der Waals surface area contributed by atoms with Gasteiger partial charge in [-0.1, -0.05) is 0 Å². The van der Waals surface area contributed by atoms with E-state index in [1.54, 1.807) is 0 Å². The molecule has 0 spiro atoms. The fourth-order valence-corrected chi connectivity index (χ4v) is 1.14. The average molecular weight is 166 g/mol. The van der Waals surface area contributed by atoms with Crippen LogP contribution in [0.2, 0.25) is 0 Å². The van der Waals surface area contributed by atoms with Gasteiger partial charge in [-0.15, -0.1) is 11.8 Å². The highest BCUT2D eigenvalue weighted by Crippen LogP contribution is 2.15. The van der Waals surface area contributed by atoms with Crippen LogP contribution in [0.3, 0.4) is 0 Å². The lowest BCUT2D eigenvalue weighted by atomic mass is 10.2. The van der Waals surface area contributed by atoms with E-state index in [2.05, 4.69) is 0 Å². The standard InChI is InChI=1S/C6H11FO2S/c1-6(2,7)4-10-3-5(8)9/h3-4H2,1-2H3,(H,8,9). The predicted octanol–water partition coefficient (Wildman–Crippen LogP) is 1.55. The molecule has 0 heterocycles. The van der Waals surface area contributed by atoms with E-state index >= 15 is 0 Å². The smallest absolute Gasteiger partial charge is 0.313 e. The normalized spacial score (nSPS) is 11.5. The largest absolute Gasteiger partial charge is 0.481 e. The number of hydrogen-bond acceptors (Lipinski definition) is 2. The van der Waals surface area contributed by atoms with Crippen LogP contribution in [0.1, 0.15) is 13.8 Å². The maximum Gasteiger partial charge on any atom is 0.313 e.